The van der Waals surface area contributed by atoms with Crippen molar-refractivity contribution in [2.45, 2.75) is 19.8 Å². The Labute approximate surface area is 168 Å². The number of nitrogens with one attached hydrogen (secondary N) is 1. The van der Waals surface area contributed by atoms with Gasteiger partial charge in [0.1, 0.15) is 17.1 Å². The monoisotopic (exact) mass is 396 g/mol. The molecule has 0 fully saturated rings. The van der Waals surface area contributed by atoms with Crippen molar-refractivity contribution in [3.8, 4) is 16.9 Å². The Bertz CT molecular complexity index is 1000. The summed E-state index contributed by atoms with van der Waals surface area (Å²) in [4.78, 5) is 19.6. The Morgan fingerprint density at radius 2 is 1.86 bits per heavy atom. The first kappa shape index (κ1) is 19.6. The van der Waals surface area contributed by atoms with Gasteiger partial charge in [0.2, 0.25) is 5.28 Å². The molecule has 28 heavy (non-hydrogen) atoms. The van der Waals surface area contributed by atoms with Crippen molar-refractivity contribution < 1.29 is 9.53 Å². The van der Waals surface area contributed by atoms with Gasteiger partial charge in [-0.1, -0.05) is 32.0 Å². The number of methoxy groups -OCH3 is 1. The molecule has 0 aliphatic rings. The molecule has 3 N–H and O–H groups in total. The molecule has 2 aromatic carbocycles. The highest BCUT2D eigenvalue weighted by Crippen LogP contribution is 2.31. The molecule has 1 aromatic heterocycles. The maximum Gasteiger partial charge on any atom is 0.254 e. The fraction of sp³-hybridized carbons (Fsp3) is 0.190. The SMILES string of the molecule is COc1ccc(-c2cc(Nc3nc(Cl)ncc3C(N)=O)cc(C(C)C)c2)cc1. The molecule has 1 heterocycles. The summed E-state index contributed by atoms with van der Waals surface area (Å²) in [5.74, 6) is 0.746. The fourth-order valence-electron chi connectivity index (χ4n) is 2.78. The zero-order chi connectivity index (χ0) is 20.3. The highest BCUT2D eigenvalue weighted by Gasteiger charge is 2.13. The van der Waals surface area contributed by atoms with E-state index in [1.807, 2.05) is 36.4 Å². The van der Waals surface area contributed by atoms with Crippen molar-refractivity contribution in [2.24, 2.45) is 5.73 Å². The number of halogens is 1. The second-order valence-corrected chi connectivity index (χ2v) is 6.96. The number of hydrogen-bond acceptors (Lipinski definition) is 5. The summed E-state index contributed by atoms with van der Waals surface area (Å²) in [5.41, 5.74) is 9.58. The molecule has 6 nitrogen and oxygen atoms in total. The minimum Gasteiger partial charge on any atom is -0.497 e. The van der Waals surface area contributed by atoms with Crippen LogP contribution < -0.4 is 15.8 Å². The number of benzene rings is 2. The zero-order valence-electron chi connectivity index (χ0n) is 15.9. The van der Waals surface area contributed by atoms with Gasteiger partial charge in [0.05, 0.1) is 7.11 Å². The molecule has 3 rings (SSSR count). The van der Waals surface area contributed by atoms with Crippen LogP contribution in [0, 0.1) is 0 Å². The third kappa shape index (κ3) is 4.40. The molecule has 0 saturated carbocycles. The molecule has 0 unspecified atom stereocenters. The van der Waals surface area contributed by atoms with Crippen molar-refractivity contribution in [3.05, 3.63) is 65.1 Å². The number of aromatic nitrogens is 2. The molecule has 3 aromatic rings. The molecule has 144 valence electrons. The highest BCUT2D eigenvalue weighted by atomic mass is 35.5. The summed E-state index contributed by atoms with van der Waals surface area (Å²) < 4.78 is 5.23. The second-order valence-electron chi connectivity index (χ2n) is 6.62. The van der Waals surface area contributed by atoms with Crippen molar-refractivity contribution in [1.82, 2.24) is 9.97 Å². The quantitative estimate of drug-likeness (QED) is 0.585. The molecule has 0 atom stereocenters. The third-order valence-electron chi connectivity index (χ3n) is 4.33. The summed E-state index contributed by atoms with van der Waals surface area (Å²) in [7, 11) is 1.64. The Balaban J connectivity index is 2.05. The number of primary amides is 1. The lowest BCUT2D eigenvalue weighted by molar-refractivity contribution is 0.100. The van der Waals surface area contributed by atoms with E-state index in [0.29, 0.717) is 5.92 Å². The summed E-state index contributed by atoms with van der Waals surface area (Å²) in [6.07, 6.45) is 1.32. The van der Waals surface area contributed by atoms with Gasteiger partial charge in [-0.05, 0) is 58.5 Å². The van der Waals surface area contributed by atoms with E-state index in [1.54, 1.807) is 7.11 Å². The first-order valence-corrected chi connectivity index (χ1v) is 9.14. The van der Waals surface area contributed by atoms with E-state index in [9.17, 15) is 4.79 Å². The number of amides is 1. The van der Waals surface area contributed by atoms with Gasteiger partial charge >= 0.3 is 0 Å². The zero-order valence-corrected chi connectivity index (χ0v) is 16.6. The van der Waals surface area contributed by atoms with Gasteiger partial charge in [-0.15, -0.1) is 0 Å². The van der Waals surface area contributed by atoms with Crippen LogP contribution in [0.2, 0.25) is 5.28 Å². The van der Waals surface area contributed by atoms with E-state index in [-0.39, 0.29) is 16.7 Å². The average molecular weight is 397 g/mol. The number of carbonyl (C=O) groups is 1. The van der Waals surface area contributed by atoms with Crippen molar-refractivity contribution in [3.63, 3.8) is 0 Å². The average Bonchev–Trinajstić information content (AvgIpc) is 2.67. The summed E-state index contributed by atoms with van der Waals surface area (Å²) in [5, 5.41) is 3.19. The van der Waals surface area contributed by atoms with Crippen molar-refractivity contribution >= 4 is 29.0 Å². The van der Waals surface area contributed by atoms with Gasteiger partial charge in [-0.2, -0.15) is 4.98 Å². The summed E-state index contributed by atoms with van der Waals surface area (Å²) in [6, 6.07) is 14.0. The van der Waals surface area contributed by atoms with E-state index in [0.717, 1.165) is 28.1 Å². The predicted octanol–water partition coefficient (Wildman–Crippen LogP) is 4.77. The molecule has 0 aliphatic heterocycles. The first-order chi connectivity index (χ1) is 13.4. The van der Waals surface area contributed by atoms with Crippen LogP contribution in [0.5, 0.6) is 5.75 Å². The lowest BCUT2D eigenvalue weighted by Crippen LogP contribution is -2.15. The van der Waals surface area contributed by atoms with Crippen molar-refractivity contribution in [2.75, 3.05) is 12.4 Å². The lowest BCUT2D eigenvalue weighted by atomic mass is 9.96. The van der Waals surface area contributed by atoms with E-state index in [4.69, 9.17) is 22.1 Å². The van der Waals surface area contributed by atoms with Crippen molar-refractivity contribution in [1.29, 1.82) is 0 Å². The molecule has 0 bridgehead atoms. The molecule has 0 aliphatic carbocycles. The second kappa shape index (κ2) is 8.27. The van der Waals surface area contributed by atoms with Crippen LogP contribution in [0.3, 0.4) is 0 Å². The third-order valence-corrected chi connectivity index (χ3v) is 4.52. The van der Waals surface area contributed by atoms with Crippen LogP contribution in [-0.2, 0) is 0 Å². The number of anilines is 2. The van der Waals surface area contributed by atoms with E-state index in [2.05, 4.69) is 35.2 Å². The van der Waals surface area contributed by atoms with E-state index >= 15 is 0 Å². The minimum atomic E-state index is -0.630. The van der Waals surface area contributed by atoms with Crippen LogP contribution in [0.25, 0.3) is 11.1 Å². The molecule has 1 amide bonds. The van der Waals surface area contributed by atoms with Crippen LogP contribution in [0.1, 0.15) is 35.7 Å². The van der Waals surface area contributed by atoms with E-state index < -0.39 is 5.91 Å². The highest BCUT2D eigenvalue weighted by molar-refractivity contribution is 6.28. The standard InChI is InChI=1S/C21H21ClN4O2/c1-12(2)14-8-15(13-4-6-17(28-3)7-5-13)10-16(9-14)25-20-18(19(23)27)11-24-21(22)26-20/h4-12H,1-3H3,(H2,23,27)(H,24,25,26). The van der Waals surface area contributed by atoms with Crippen LogP contribution in [0.15, 0.2) is 48.7 Å². The van der Waals surface area contributed by atoms with Gasteiger partial charge in [0.15, 0.2) is 0 Å². The predicted molar refractivity (Wildman–Crippen MR) is 111 cm³/mol. The molecule has 0 spiro atoms. The van der Waals surface area contributed by atoms with Gasteiger partial charge in [0, 0.05) is 11.9 Å². The Morgan fingerprint density at radius 1 is 1.14 bits per heavy atom. The summed E-state index contributed by atoms with van der Waals surface area (Å²) in [6.45, 7) is 4.24. The molecular formula is C21H21ClN4O2. The molecule has 0 radical (unpaired) electrons. The number of nitrogens with zero attached hydrogens (tertiary/aromatic N) is 2. The van der Waals surface area contributed by atoms with Gasteiger partial charge < -0.3 is 15.8 Å². The molecular weight excluding hydrogens is 376 g/mol. The van der Waals surface area contributed by atoms with Gasteiger partial charge in [0.25, 0.3) is 5.91 Å². The van der Waals surface area contributed by atoms with Crippen LogP contribution in [0.4, 0.5) is 11.5 Å². The maximum atomic E-state index is 11.7. The largest absolute Gasteiger partial charge is 0.497 e. The maximum absolute atomic E-state index is 11.7. The topological polar surface area (TPSA) is 90.1 Å². The Hall–Kier alpha value is -3.12. The number of carbonyl (C=O) groups excluding carboxylic acids is 1. The Morgan fingerprint density at radius 3 is 2.46 bits per heavy atom. The minimum absolute atomic E-state index is 0.0305. The number of rotatable bonds is 6. The molecule has 7 heteroatoms. The Kier molecular flexibility index (Phi) is 5.80. The summed E-state index contributed by atoms with van der Waals surface area (Å²) >= 11 is 5.90. The van der Waals surface area contributed by atoms with E-state index in [1.165, 1.54) is 6.20 Å². The van der Waals surface area contributed by atoms with Gasteiger partial charge in [-0.25, -0.2) is 4.98 Å². The fourth-order valence-corrected chi connectivity index (χ4v) is 2.91. The number of nitrogens with two attached hydrogens (primary N) is 1. The van der Waals surface area contributed by atoms with Crippen LogP contribution in [-0.4, -0.2) is 23.0 Å². The smallest absolute Gasteiger partial charge is 0.254 e. The number of ether oxygens (including phenoxy) is 1. The first-order valence-electron chi connectivity index (χ1n) is 8.76. The van der Waals surface area contributed by atoms with Gasteiger partial charge in [-0.3, -0.25) is 4.79 Å². The normalized spacial score (nSPS) is 10.8. The van der Waals surface area contributed by atoms with Crippen LogP contribution >= 0.6 is 11.6 Å². The number of hydrogen-bond donors (Lipinski definition) is 2. The lowest BCUT2D eigenvalue weighted by Gasteiger charge is -2.15. The molecule has 0 saturated heterocycles.